The van der Waals surface area contributed by atoms with Crippen molar-refractivity contribution < 1.29 is 4.74 Å². The van der Waals surface area contributed by atoms with Crippen molar-refractivity contribution in [3.63, 3.8) is 0 Å². The van der Waals surface area contributed by atoms with Crippen LogP contribution in [0.2, 0.25) is 5.15 Å². The van der Waals surface area contributed by atoms with Crippen molar-refractivity contribution in [3.05, 3.63) is 41.0 Å². The summed E-state index contributed by atoms with van der Waals surface area (Å²) in [4.78, 5) is 4.40. The topological polar surface area (TPSA) is 22.1 Å². The van der Waals surface area contributed by atoms with Crippen molar-refractivity contribution in [1.29, 1.82) is 0 Å². The van der Waals surface area contributed by atoms with Crippen LogP contribution in [0.1, 0.15) is 44.6 Å². The predicted octanol–water partition coefficient (Wildman–Crippen LogP) is 5.38. The third-order valence-electron chi connectivity index (χ3n) is 3.40. The Balaban J connectivity index is 1.82. The summed E-state index contributed by atoms with van der Waals surface area (Å²) in [7, 11) is 0. The molecule has 0 fully saturated rings. The summed E-state index contributed by atoms with van der Waals surface area (Å²) in [6.45, 7) is 3.57. The maximum atomic E-state index is 6.19. The van der Waals surface area contributed by atoms with E-state index in [-0.39, 0.29) is 0 Å². The van der Waals surface area contributed by atoms with Crippen molar-refractivity contribution >= 4 is 22.5 Å². The van der Waals surface area contributed by atoms with E-state index >= 15 is 0 Å². The number of para-hydroxylation sites is 1. The molecule has 3 heteroatoms. The molecule has 108 valence electrons. The van der Waals surface area contributed by atoms with Gasteiger partial charge in [0, 0.05) is 17.6 Å². The number of hydrogen-bond acceptors (Lipinski definition) is 2. The fourth-order valence-corrected chi connectivity index (χ4v) is 2.43. The maximum absolute atomic E-state index is 6.19. The Hall–Kier alpha value is -1.12. The molecule has 2 nitrogen and oxygen atoms in total. The molecule has 1 aromatic heterocycles. The Kier molecular flexibility index (Phi) is 6.28. The summed E-state index contributed by atoms with van der Waals surface area (Å²) in [6, 6.07) is 10.1. The standard InChI is InChI=1S/C17H22ClNO/c1-2-3-4-5-8-11-20-13-15-12-14-9-6-7-10-16(14)19-17(15)18/h6-7,9-10,12H,2-5,8,11,13H2,1H3. The molecule has 1 aromatic carbocycles. The molecule has 0 aliphatic rings. The Morgan fingerprint density at radius 3 is 2.75 bits per heavy atom. The summed E-state index contributed by atoms with van der Waals surface area (Å²) in [5, 5.41) is 1.66. The van der Waals surface area contributed by atoms with Gasteiger partial charge in [-0.05, 0) is 18.6 Å². The van der Waals surface area contributed by atoms with Gasteiger partial charge in [-0.1, -0.05) is 62.4 Å². The van der Waals surface area contributed by atoms with E-state index in [1.807, 2.05) is 24.3 Å². The minimum absolute atomic E-state index is 0.546. The minimum atomic E-state index is 0.546. The van der Waals surface area contributed by atoms with E-state index in [4.69, 9.17) is 16.3 Å². The van der Waals surface area contributed by atoms with Crippen LogP contribution in [0.3, 0.4) is 0 Å². The average molecular weight is 292 g/mol. The molecule has 2 aromatic rings. The predicted molar refractivity (Wildman–Crippen MR) is 85.2 cm³/mol. The van der Waals surface area contributed by atoms with Gasteiger partial charge in [0.1, 0.15) is 5.15 Å². The van der Waals surface area contributed by atoms with E-state index in [1.165, 1.54) is 25.7 Å². The van der Waals surface area contributed by atoms with Gasteiger partial charge in [0.15, 0.2) is 0 Å². The zero-order chi connectivity index (χ0) is 14.2. The number of aromatic nitrogens is 1. The average Bonchev–Trinajstić information content (AvgIpc) is 2.46. The van der Waals surface area contributed by atoms with Crippen LogP contribution in [0.4, 0.5) is 0 Å². The quantitative estimate of drug-likeness (QED) is 0.481. The number of nitrogens with zero attached hydrogens (tertiary/aromatic N) is 1. The van der Waals surface area contributed by atoms with Crippen LogP contribution in [-0.2, 0) is 11.3 Å². The monoisotopic (exact) mass is 291 g/mol. The number of rotatable bonds is 8. The molecule has 0 saturated carbocycles. The summed E-state index contributed by atoms with van der Waals surface area (Å²) >= 11 is 6.19. The van der Waals surface area contributed by atoms with Crippen molar-refractivity contribution in [2.45, 2.75) is 45.6 Å². The van der Waals surface area contributed by atoms with Crippen LogP contribution in [0.15, 0.2) is 30.3 Å². The largest absolute Gasteiger partial charge is 0.377 e. The highest BCUT2D eigenvalue weighted by atomic mass is 35.5. The van der Waals surface area contributed by atoms with Gasteiger partial charge < -0.3 is 4.74 Å². The van der Waals surface area contributed by atoms with Gasteiger partial charge in [-0.2, -0.15) is 0 Å². The van der Waals surface area contributed by atoms with Crippen LogP contribution < -0.4 is 0 Å². The summed E-state index contributed by atoms with van der Waals surface area (Å²) in [5.41, 5.74) is 1.90. The highest BCUT2D eigenvalue weighted by molar-refractivity contribution is 6.30. The Bertz CT molecular complexity index is 542. The summed E-state index contributed by atoms with van der Waals surface area (Å²) in [5.74, 6) is 0. The Labute approximate surface area is 126 Å². The van der Waals surface area contributed by atoms with E-state index in [1.54, 1.807) is 0 Å². The number of halogens is 1. The van der Waals surface area contributed by atoms with Crippen LogP contribution in [-0.4, -0.2) is 11.6 Å². The first kappa shape index (κ1) is 15.3. The number of fused-ring (bicyclic) bond motifs is 1. The Morgan fingerprint density at radius 1 is 1.10 bits per heavy atom. The fraction of sp³-hybridized carbons (Fsp3) is 0.471. The van der Waals surface area contributed by atoms with Gasteiger partial charge in [0.05, 0.1) is 12.1 Å². The molecule has 2 rings (SSSR count). The molecule has 0 amide bonds. The lowest BCUT2D eigenvalue weighted by Gasteiger charge is -2.07. The molecular formula is C17H22ClNO. The van der Waals surface area contributed by atoms with Gasteiger partial charge in [0.25, 0.3) is 0 Å². The van der Waals surface area contributed by atoms with Crippen LogP contribution >= 0.6 is 11.6 Å². The van der Waals surface area contributed by atoms with Crippen LogP contribution in [0.5, 0.6) is 0 Å². The SMILES string of the molecule is CCCCCCCOCc1cc2ccccc2nc1Cl. The van der Waals surface area contributed by atoms with Crippen LogP contribution in [0, 0.1) is 0 Å². The van der Waals surface area contributed by atoms with Gasteiger partial charge in [0.2, 0.25) is 0 Å². The zero-order valence-corrected chi connectivity index (χ0v) is 12.8. The van der Waals surface area contributed by atoms with E-state index in [0.717, 1.165) is 29.5 Å². The van der Waals surface area contributed by atoms with Crippen LogP contribution in [0.25, 0.3) is 10.9 Å². The lowest BCUT2D eigenvalue weighted by atomic mass is 10.1. The molecule has 0 unspecified atom stereocenters. The molecule has 0 aliphatic carbocycles. The van der Waals surface area contributed by atoms with E-state index in [2.05, 4.69) is 18.0 Å². The highest BCUT2D eigenvalue weighted by Crippen LogP contribution is 2.21. The first-order valence-electron chi connectivity index (χ1n) is 7.43. The number of unbranched alkanes of at least 4 members (excludes halogenated alkanes) is 4. The van der Waals surface area contributed by atoms with E-state index in [0.29, 0.717) is 11.8 Å². The smallest absolute Gasteiger partial charge is 0.135 e. The van der Waals surface area contributed by atoms with E-state index in [9.17, 15) is 0 Å². The zero-order valence-electron chi connectivity index (χ0n) is 12.1. The van der Waals surface area contributed by atoms with Gasteiger partial charge >= 0.3 is 0 Å². The molecule has 1 heterocycles. The Morgan fingerprint density at radius 2 is 1.90 bits per heavy atom. The number of ether oxygens (including phenoxy) is 1. The van der Waals surface area contributed by atoms with Gasteiger partial charge in [-0.25, -0.2) is 4.98 Å². The third kappa shape index (κ3) is 4.46. The second-order valence-corrected chi connectivity index (χ2v) is 5.46. The molecule has 0 spiro atoms. The lowest BCUT2D eigenvalue weighted by molar-refractivity contribution is 0.116. The van der Waals surface area contributed by atoms with Crippen molar-refractivity contribution in [2.75, 3.05) is 6.61 Å². The first-order valence-corrected chi connectivity index (χ1v) is 7.81. The van der Waals surface area contributed by atoms with Crippen molar-refractivity contribution in [3.8, 4) is 0 Å². The maximum Gasteiger partial charge on any atom is 0.135 e. The first-order chi connectivity index (χ1) is 9.81. The summed E-state index contributed by atoms with van der Waals surface area (Å²) < 4.78 is 5.71. The highest BCUT2D eigenvalue weighted by Gasteiger charge is 2.04. The second-order valence-electron chi connectivity index (χ2n) is 5.10. The molecular weight excluding hydrogens is 270 g/mol. The summed E-state index contributed by atoms with van der Waals surface area (Å²) in [6.07, 6.45) is 6.27. The number of pyridine rings is 1. The lowest BCUT2D eigenvalue weighted by Crippen LogP contribution is -1.98. The number of benzene rings is 1. The third-order valence-corrected chi connectivity index (χ3v) is 3.73. The molecule has 20 heavy (non-hydrogen) atoms. The van der Waals surface area contributed by atoms with E-state index < -0.39 is 0 Å². The van der Waals surface area contributed by atoms with Crippen molar-refractivity contribution in [1.82, 2.24) is 4.98 Å². The minimum Gasteiger partial charge on any atom is -0.377 e. The normalized spacial score (nSPS) is 11.1. The van der Waals surface area contributed by atoms with Gasteiger partial charge in [-0.3, -0.25) is 0 Å². The molecule has 0 aliphatic heterocycles. The molecule has 0 saturated heterocycles. The molecule has 0 atom stereocenters. The molecule has 0 radical (unpaired) electrons. The number of hydrogen-bond donors (Lipinski definition) is 0. The molecule has 0 N–H and O–H groups in total. The van der Waals surface area contributed by atoms with Gasteiger partial charge in [-0.15, -0.1) is 0 Å². The molecule has 0 bridgehead atoms. The van der Waals surface area contributed by atoms with Crippen molar-refractivity contribution in [2.24, 2.45) is 0 Å². The second kappa shape index (κ2) is 8.23. The fourth-order valence-electron chi connectivity index (χ4n) is 2.23.